The fraction of sp³-hybridized carbons (Fsp3) is 0.308. The average Bonchev–Trinajstić information content (AvgIpc) is 2.84. The maximum absolute atomic E-state index is 12.0. The van der Waals surface area contributed by atoms with E-state index < -0.39 is 0 Å². The van der Waals surface area contributed by atoms with Gasteiger partial charge in [-0.3, -0.25) is 0 Å². The summed E-state index contributed by atoms with van der Waals surface area (Å²) in [5.41, 5.74) is 0.995. The maximum Gasteiger partial charge on any atom is 0.348 e. The molecule has 0 radical (unpaired) electrons. The highest BCUT2D eigenvalue weighted by molar-refractivity contribution is 5.91. The molecule has 3 aromatic rings. The molecule has 19 heavy (non-hydrogen) atoms. The van der Waals surface area contributed by atoms with Crippen molar-refractivity contribution in [2.45, 2.75) is 19.8 Å². The van der Waals surface area contributed by atoms with Crippen LogP contribution in [0.1, 0.15) is 25.6 Å². The van der Waals surface area contributed by atoms with Crippen LogP contribution in [-0.4, -0.2) is 26.7 Å². The number of nitrogens with zero attached hydrogens (tertiary/aromatic N) is 3. The Morgan fingerprint density at radius 3 is 2.84 bits per heavy atom. The lowest BCUT2D eigenvalue weighted by Gasteiger charge is -2.02. The van der Waals surface area contributed by atoms with Gasteiger partial charge in [-0.25, -0.2) is 9.78 Å². The van der Waals surface area contributed by atoms with Crippen LogP contribution in [0, 0.1) is 0 Å². The molecule has 3 rings (SSSR count). The Kier molecular flexibility index (Phi) is 2.51. The predicted octanol–water partition coefficient (Wildman–Crippen LogP) is 1.70. The summed E-state index contributed by atoms with van der Waals surface area (Å²) in [6, 6.07) is 5.45. The van der Waals surface area contributed by atoms with Gasteiger partial charge in [0.1, 0.15) is 5.75 Å². The summed E-state index contributed by atoms with van der Waals surface area (Å²) in [5.74, 6) is 1.54. The van der Waals surface area contributed by atoms with E-state index in [1.165, 1.54) is 4.52 Å². The Balaban J connectivity index is 2.45. The van der Waals surface area contributed by atoms with E-state index in [9.17, 15) is 4.79 Å². The van der Waals surface area contributed by atoms with E-state index in [1.807, 2.05) is 19.9 Å². The second kappa shape index (κ2) is 4.08. The molecule has 0 atom stereocenters. The van der Waals surface area contributed by atoms with Crippen molar-refractivity contribution in [2.75, 3.05) is 7.11 Å². The third-order valence-corrected chi connectivity index (χ3v) is 3.04. The molecule has 2 heterocycles. The predicted molar refractivity (Wildman–Crippen MR) is 71.8 cm³/mol. The zero-order valence-corrected chi connectivity index (χ0v) is 11.0. The van der Waals surface area contributed by atoms with E-state index in [2.05, 4.69) is 15.1 Å². The third kappa shape index (κ3) is 1.76. The van der Waals surface area contributed by atoms with Crippen molar-refractivity contribution in [1.29, 1.82) is 0 Å². The van der Waals surface area contributed by atoms with E-state index in [4.69, 9.17) is 4.74 Å². The van der Waals surface area contributed by atoms with Gasteiger partial charge in [0.2, 0.25) is 0 Å². The average molecular weight is 258 g/mol. The van der Waals surface area contributed by atoms with Crippen molar-refractivity contribution in [3.8, 4) is 5.75 Å². The quantitative estimate of drug-likeness (QED) is 0.759. The second-order valence-electron chi connectivity index (χ2n) is 4.70. The number of rotatable bonds is 2. The first-order chi connectivity index (χ1) is 9.10. The van der Waals surface area contributed by atoms with Gasteiger partial charge in [-0.15, -0.1) is 5.10 Å². The standard InChI is InChI=1S/C13H14N4O2/c1-7(2)11-15-12-9-6-8(19-3)4-5-10(9)14-13(18)17(12)16-11/h4-7H,1-3H3,(H,14,18). The van der Waals surface area contributed by atoms with Crippen molar-refractivity contribution in [1.82, 2.24) is 19.6 Å². The molecule has 6 nitrogen and oxygen atoms in total. The Morgan fingerprint density at radius 2 is 2.16 bits per heavy atom. The molecule has 0 aliphatic carbocycles. The molecule has 0 fully saturated rings. The van der Waals surface area contributed by atoms with Gasteiger partial charge >= 0.3 is 5.69 Å². The largest absolute Gasteiger partial charge is 0.497 e. The zero-order chi connectivity index (χ0) is 13.6. The number of fused-ring (bicyclic) bond motifs is 3. The number of nitrogens with one attached hydrogen (secondary N) is 1. The van der Waals surface area contributed by atoms with Crippen molar-refractivity contribution in [3.63, 3.8) is 0 Å². The first-order valence-corrected chi connectivity index (χ1v) is 6.07. The molecule has 0 spiro atoms. The number of aromatic amines is 1. The summed E-state index contributed by atoms with van der Waals surface area (Å²) in [7, 11) is 1.60. The van der Waals surface area contributed by atoms with Crippen molar-refractivity contribution in [3.05, 3.63) is 34.5 Å². The van der Waals surface area contributed by atoms with Crippen LogP contribution in [0.15, 0.2) is 23.0 Å². The number of methoxy groups -OCH3 is 1. The van der Waals surface area contributed by atoms with Crippen LogP contribution in [0.3, 0.4) is 0 Å². The summed E-state index contributed by atoms with van der Waals surface area (Å²) < 4.78 is 6.51. The normalized spacial score (nSPS) is 11.6. The number of hydrogen-bond donors (Lipinski definition) is 1. The van der Waals surface area contributed by atoms with E-state index in [1.54, 1.807) is 19.2 Å². The lowest BCUT2D eigenvalue weighted by Crippen LogP contribution is -2.17. The van der Waals surface area contributed by atoms with E-state index >= 15 is 0 Å². The molecular formula is C13H14N4O2. The summed E-state index contributed by atoms with van der Waals surface area (Å²) in [6.07, 6.45) is 0. The molecule has 0 saturated heterocycles. The fourth-order valence-electron chi connectivity index (χ4n) is 2.00. The molecule has 0 bridgehead atoms. The molecule has 0 unspecified atom stereocenters. The fourth-order valence-corrected chi connectivity index (χ4v) is 2.00. The van der Waals surface area contributed by atoms with Crippen molar-refractivity contribution >= 4 is 16.6 Å². The maximum atomic E-state index is 12.0. The van der Waals surface area contributed by atoms with Crippen LogP contribution in [0.2, 0.25) is 0 Å². The molecule has 2 aromatic heterocycles. The molecule has 6 heteroatoms. The van der Waals surface area contributed by atoms with Gasteiger partial charge in [0, 0.05) is 11.3 Å². The number of H-pyrrole nitrogens is 1. The summed E-state index contributed by atoms with van der Waals surface area (Å²) >= 11 is 0. The van der Waals surface area contributed by atoms with Gasteiger partial charge in [-0.05, 0) is 18.2 Å². The minimum atomic E-state index is -0.285. The first kappa shape index (κ1) is 11.7. The summed E-state index contributed by atoms with van der Waals surface area (Å²) in [4.78, 5) is 19.2. The first-order valence-electron chi connectivity index (χ1n) is 6.07. The minimum Gasteiger partial charge on any atom is -0.497 e. The lowest BCUT2D eigenvalue weighted by molar-refractivity contribution is 0.415. The smallest absolute Gasteiger partial charge is 0.348 e. The lowest BCUT2D eigenvalue weighted by atomic mass is 10.2. The summed E-state index contributed by atoms with van der Waals surface area (Å²) in [5, 5.41) is 5.06. The number of benzene rings is 1. The van der Waals surface area contributed by atoms with Gasteiger partial charge in [0.15, 0.2) is 11.5 Å². The molecule has 1 N–H and O–H groups in total. The Hall–Kier alpha value is -2.37. The van der Waals surface area contributed by atoms with Gasteiger partial charge in [-0.1, -0.05) is 13.8 Å². The van der Waals surface area contributed by atoms with Gasteiger partial charge in [-0.2, -0.15) is 4.52 Å². The highest BCUT2D eigenvalue weighted by Crippen LogP contribution is 2.22. The zero-order valence-electron chi connectivity index (χ0n) is 11.0. The molecular weight excluding hydrogens is 244 g/mol. The SMILES string of the molecule is COc1ccc2[nH]c(=O)n3nc(C(C)C)nc3c2c1. The number of hydrogen-bond acceptors (Lipinski definition) is 4. The van der Waals surface area contributed by atoms with E-state index in [0.29, 0.717) is 11.5 Å². The van der Waals surface area contributed by atoms with E-state index in [-0.39, 0.29) is 11.6 Å². The highest BCUT2D eigenvalue weighted by Gasteiger charge is 2.13. The number of aromatic nitrogens is 4. The van der Waals surface area contributed by atoms with Crippen molar-refractivity contribution in [2.24, 2.45) is 0 Å². The highest BCUT2D eigenvalue weighted by atomic mass is 16.5. The van der Waals surface area contributed by atoms with Gasteiger partial charge in [0.05, 0.1) is 12.6 Å². The Bertz CT molecular complexity index is 816. The van der Waals surface area contributed by atoms with Crippen molar-refractivity contribution < 1.29 is 4.74 Å². The topological polar surface area (TPSA) is 72.3 Å². The third-order valence-electron chi connectivity index (χ3n) is 3.04. The van der Waals surface area contributed by atoms with Crippen LogP contribution >= 0.6 is 0 Å². The van der Waals surface area contributed by atoms with Crippen LogP contribution < -0.4 is 10.4 Å². The summed E-state index contributed by atoms with van der Waals surface area (Å²) in [6.45, 7) is 3.98. The van der Waals surface area contributed by atoms with Crippen LogP contribution in [0.4, 0.5) is 0 Å². The molecule has 0 amide bonds. The monoisotopic (exact) mass is 258 g/mol. The Morgan fingerprint density at radius 1 is 1.37 bits per heavy atom. The van der Waals surface area contributed by atoms with Gasteiger partial charge < -0.3 is 9.72 Å². The second-order valence-corrected chi connectivity index (χ2v) is 4.70. The molecule has 98 valence electrons. The van der Waals surface area contributed by atoms with Crippen LogP contribution in [0.5, 0.6) is 5.75 Å². The molecule has 0 saturated carbocycles. The minimum absolute atomic E-state index is 0.167. The van der Waals surface area contributed by atoms with Crippen LogP contribution in [-0.2, 0) is 0 Å². The van der Waals surface area contributed by atoms with E-state index in [0.717, 1.165) is 16.7 Å². The molecule has 0 aliphatic rings. The molecule has 1 aromatic carbocycles. The molecule has 0 aliphatic heterocycles. The van der Waals surface area contributed by atoms with Crippen LogP contribution in [0.25, 0.3) is 16.6 Å². The number of ether oxygens (including phenoxy) is 1. The van der Waals surface area contributed by atoms with Gasteiger partial charge in [0.25, 0.3) is 0 Å². The Labute approximate surface area is 109 Å².